The summed E-state index contributed by atoms with van der Waals surface area (Å²) >= 11 is 6.02. The largest absolute Gasteiger partial charge is 0.416 e. The first-order valence-corrected chi connectivity index (χ1v) is 11.9. The van der Waals surface area contributed by atoms with Gasteiger partial charge in [0, 0.05) is 35.6 Å². The molecule has 0 atom stereocenters. The van der Waals surface area contributed by atoms with Crippen LogP contribution in [0.2, 0.25) is 5.02 Å². The Morgan fingerprint density at radius 1 is 1.03 bits per heavy atom. The summed E-state index contributed by atoms with van der Waals surface area (Å²) < 4.78 is 40.3. The molecule has 1 aromatic heterocycles. The fraction of sp³-hybridized carbons (Fsp3) is 0.360. The van der Waals surface area contributed by atoms with Gasteiger partial charge in [-0.1, -0.05) is 25.4 Å². The molecule has 2 heterocycles. The van der Waals surface area contributed by atoms with Gasteiger partial charge in [0.15, 0.2) is 5.82 Å². The molecule has 1 N–H and O–H groups in total. The SMILES string of the molecule is CC(C)C(=O)NC1CCN(c2nc(-c3ccc(Cl)cc3)n(-c3ccc(C(F)(F)F)cc3)c(=O)n2)CC1. The predicted molar refractivity (Wildman–Crippen MR) is 131 cm³/mol. The fourth-order valence-electron chi connectivity index (χ4n) is 3.95. The Morgan fingerprint density at radius 3 is 2.19 bits per heavy atom. The molecule has 1 saturated heterocycles. The smallest absolute Gasteiger partial charge is 0.353 e. The van der Waals surface area contributed by atoms with Gasteiger partial charge in [-0.3, -0.25) is 4.79 Å². The lowest BCUT2D eigenvalue weighted by Crippen LogP contribution is -2.46. The van der Waals surface area contributed by atoms with Gasteiger partial charge in [0.2, 0.25) is 11.9 Å². The number of benzene rings is 2. The highest BCUT2D eigenvalue weighted by atomic mass is 35.5. The Hall–Kier alpha value is -3.40. The number of hydrogen-bond donors (Lipinski definition) is 1. The number of anilines is 1. The van der Waals surface area contributed by atoms with Gasteiger partial charge in [0.05, 0.1) is 11.3 Å². The minimum atomic E-state index is -4.50. The molecule has 11 heteroatoms. The molecule has 0 radical (unpaired) electrons. The lowest BCUT2D eigenvalue weighted by molar-refractivity contribution is -0.137. The van der Waals surface area contributed by atoms with E-state index in [4.69, 9.17) is 11.6 Å². The molecule has 3 aromatic rings. The standard InChI is InChI=1S/C25H25ClF3N5O2/c1-15(2)22(35)30-19-11-13-33(14-12-19)23-31-21(16-3-7-18(26)8-4-16)34(24(36)32-23)20-9-5-17(6-10-20)25(27,28)29/h3-10,15,19H,11-14H2,1-2H3,(H,30,35). The third-order valence-electron chi connectivity index (χ3n) is 6.01. The molecule has 1 amide bonds. The van der Waals surface area contributed by atoms with Crippen LogP contribution in [0.4, 0.5) is 19.1 Å². The number of aromatic nitrogens is 3. The van der Waals surface area contributed by atoms with E-state index in [9.17, 15) is 22.8 Å². The van der Waals surface area contributed by atoms with Gasteiger partial charge in [0.1, 0.15) is 0 Å². The zero-order chi connectivity index (χ0) is 26.0. The van der Waals surface area contributed by atoms with Crippen LogP contribution >= 0.6 is 11.6 Å². The van der Waals surface area contributed by atoms with Crippen LogP contribution in [-0.4, -0.2) is 39.6 Å². The highest BCUT2D eigenvalue weighted by Crippen LogP contribution is 2.30. The monoisotopic (exact) mass is 519 g/mol. The zero-order valence-electron chi connectivity index (χ0n) is 19.7. The van der Waals surface area contributed by atoms with Gasteiger partial charge in [-0.25, -0.2) is 9.36 Å². The topological polar surface area (TPSA) is 80.1 Å². The summed E-state index contributed by atoms with van der Waals surface area (Å²) in [6.07, 6.45) is -3.16. The Labute approximate surface area is 210 Å². The van der Waals surface area contributed by atoms with E-state index < -0.39 is 17.4 Å². The highest BCUT2D eigenvalue weighted by Gasteiger charge is 2.30. The molecule has 0 saturated carbocycles. The molecule has 0 unspecified atom stereocenters. The van der Waals surface area contributed by atoms with Crippen molar-refractivity contribution in [3.05, 3.63) is 69.6 Å². The maximum atomic E-state index is 13.2. The third-order valence-corrected chi connectivity index (χ3v) is 6.26. The number of halogens is 4. The summed E-state index contributed by atoms with van der Waals surface area (Å²) in [5.41, 5.74) is -0.726. The van der Waals surface area contributed by atoms with Crippen molar-refractivity contribution in [2.45, 2.75) is 38.9 Å². The van der Waals surface area contributed by atoms with Crippen LogP contribution in [0.25, 0.3) is 17.1 Å². The van der Waals surface area contributed by atoms with Crippen LogP contribution in [0.5, 0.6) is 0 Å². The third kappa shape index (κ3) is 5.70. The summed E-state index contributed by atoms with van der Waals surface area (Å²) in [5.74, 6) is 0.346. The minimum absolute atomic E-state index is 0.00568. The van der Waals surface area contributed by atoms with Gasteiger partial charge in [0.25, 0.3) is 0 Å². The summed E-state index contributed by atoms with van der Waals surface area (Å²) in [7, 11) is 0. The minimum Gasteiger partial charge on any atom is -0.353 e. The van der Waals surface area contributed by atoms with E-state index in [0.717, 1.165) is 12.1 Å². The predicted octanol–water partition coefficient (Wildman–Crippen LogP) is 4.71. The number of hydrogen-bond acceptors (Lipinski definition) is 5. The molecule has 36 heavy (non-hydrogen) atoms. The van der Waals surface area contributed by atoms with Crippen molar-refractivity contribution < 1.29 is 18.0 Å². The Kier molecular flexibility index (Phi) is 7.35. The van der Waals surface area contributed by atoms with E-state index in [1.165, 1.54) is 16.7 Å². The Balaban J connectivity index is 1.68. The summed E-state index contributed by atoms with van der Waals surface area (Å²) in [6.45, 7) is 4.74. The van der Waals surface area contributed by atoms with Crippen LogP contribution in [0, 0.1) is 5.92 Å². The second kappa shape index (κ2) is 10.3. The molecule has 1 aliphatic rings. The van der Waals surface area contributed by atoms with E-state index >= 15 is 0 Å². The average molecular weight is 520 g/mol. The van der Waals surface area contributed by atoms with E-state index in [0.29, 0.717) is 36.5 Å². The first kappa shape index (κ1) is 25.7. The summed E-state index contributed by atoms with van der Waals surface area (Å²) in [6, 6.07) is 10.9. The maximum Gasteiger partial charge on any atom is 0.416 e. The number of carbonyl (C=O) groups excluding carboxylic acids is 1. The molecule has 2 aromatic carbocycles. The van der Waals surface area contributed by atoms with E-state index in [2.05, 4.69) is 15.3 Å². The maximum absolute atomic E-state index is 13.2. The number of amides is 1. The highest BCUT2D eigenvalue weighted by molar-refractivity contribution is 6.30. The first-order chi connectivity index (χ1) is 17.0. The van der Waals surface area contributed by atoms with Gasteiger partial charge in [-0.05, 0) is 61.4 Å². The van der Waals surface area contributed by atoms with E-state index in [1.54, 1.807) is 24.3 Å². The first-order valence-electron chi connectivity index (χ1n) is 11.5. The summed E-state index contributed by atoms with van der Waals surface area (Å²) in [5, 5.41) is 3.51. The van der Waals surface area contributed by atoms with E-state index in [1.807, 2.05) is 18.7 Å². The van der Waals surface area contributed by atoms with Crippen molar-refractivity contribution in [3.8, 4) is 17.1 Å². The van der Waals surface area contributed by atoms with Gasteiger partial charge in [-0.2, -0.15) is 23.1 Å². The number of rotatable bonds is 5. The van der Waals surface area contributed by atoms with Crippen molar-refractivity contribution >= 4 is 23.5 Å². The second-order valence-corrected chi connectivity index (χ2v) is 9.38. The van der Waals surface area contributed by atoms with Crippen molar-refractivity contribution in [2.75, 3.05) is 18.0 Å². The molecule has 1 fully saturated rings. The quantitative estimate of drug-likeness (QED) is 0.528. The number of alkyl halides is 3. The lowest BCUT2D eigenvalue weighted by atomic mass is 10.0. The molecule has 4 rings (SSSR count). The average Bonchev–Trinajstić information content (AvgIpc) is 2.84. The Morgan fingerprint density at radius 2 is 1.64 bits per heavy atom. The Bertz CT molecular complexity index is 1280. The normalized spacial score (nSPS) is 14.8. The van der Waals surface area contributed by atoms with Crippen molar-refractivity contribution in [3.63, 3.8) is 0 Å². The second-order valence-electron chi connectivity index (χ2n) is 8.94. The zero-order valence-corrected chi connectivity index (χ0v) is 20.5. The van der Waals surface area contributed by atoms with Crippen LogP contribution in [0.1, 0.15) is 32.3 Å². The van der Waals surface area contributed by atoms with Gasteiger partial charge in [-0.15, -0.1) is 0 Å². The molecule has 190 valence electrons. The molecule has 0 bridgehead atoms. The van der Waals surface area contributed by atoms with Crippen LogP contribution < -0.4 is 15.9 Å². The fourth-order valence-corrected chi connectivity index (χ4v) is 4.08. The van der Waals surface area contributed by atoms with Crippen molar-refractivity contribution in [1.82, 2.24) is 19.9 Å². The lowest BCUT2D eigenvalue weighted by Gasteiger charge is -2.33. The number of nitrogens with zero attached hydrogens (tertiary/aromatic N) is 4. The number of nitrogens with one attached hydrogen (secondary N) is 1. The van der Waals surface area contributed by atoms with Crippen LogP contribution in [0.15, 0.2) is 53.3 Å². The molecule has 7 nitrogen and oxygen atoms in total. The van der Waals surface area contributed by atoms with Gasteiger partial charge >= 0.3 is 11.9 Å². The van der Waals surface area contributed by atoms with Gasteiger partial charge < -0.3 is 10.2 Å². The molecule has 0 aliphatic carbocycles. The number of piperidine rings is 1. The van der Waals surface area contributed by atoms with Crippen molar-refractivity contribution in [1.29, 1.82) is 0 Å². The molecular formula is C25H25ClF3N5O2. The summed E-state index contributed by atoms with van der Waals surface area (Å²) in [4.78, 5) is 35.9. The number of carbonyl (C=O) groups is 1. The van der Waals surface area contributed by atoms with Crippen LogP contribution in [0.3, 0.4) is 0 Å². The molecular weight excluding hydrogens is 495 g/mol. The van der Waals surface area contributed by atoms with Crippen molar-refractivity contribution in [2.24, 2.45) is 5.92 Å². The van der Waals surface area contributed by atoms with Crippen LogP contribution in [-0.2, 0) is 11.0 Å². The molecule has 1 aliphatic heterocycles. The van der Waals surface area contributed by atoms with E-state index in [-0.39, 0.29) is 35.3 Å². The molecule has 0 spiro atoms.